The summed E-state index contributed by atoms with van der Waals surface area (Å²) in [7, 11) is 1.38. The minimum absolute atomic E-state index is 0.321. The van der Waals surface area contributed by atoms with Gasteiger partial charge in [0.25, 0.3) is 0 Å². The second-order valence-electron chi connectivity index (χ2n) is 3.44. The van der Waals surface area contributed by atoms with Crippen LogP contribution in [0.1, 0.15) is 20.2 Å². The molecule has 3 nitrogen and oxygen atoms in total. The lowest BCUT2D eigenvalue weighted by Gasteiger charge is -1.93. The molecule has 2 aromatic heterocycles. The van der Waals surface area contributed by atoms with E-state index in [2.05, 4.69) is 20.9 Å². The lowest BCUT2D eigenvalue weighted by atomic mass is 10.4. The van der Waals surface area contributed by atoms with E-state index in [0.29, 0.717) is 4.88 Å². The molecule has 17 heavy (non-hydrogen) atoms. The van der Waals surface area contributed by atoms with Gasteiger partial charge in [-0.15, -0.1) is 22.7 Å². The second kappa shape index (κ2) is 4.88. The van der Waals surface area contributed by atoms with Gasteiger partial charge in [0.1, 0.15) is 9.88 Å². The lowest BCUT2D eigenvalue weighted by Crippen LogP contribution is -1.99. The molecule has 0 saturated carbocycles. The van der Waals surface area contributed by atoms with Gasteiger partial charge in [-0.3, -0.25) is 0 Å². The summed E-state index contributed by atoms with van der Waals surface area (Å²) in [5.41, 5.74) is 0.721. The van der Waals surface area contributed by atoms with Gasteiger partial charge in [-0.25, -0.2) is 9.78 Å². The Bertz CT molecular complexity index is 555. The third kappa shape index (κ3) is 2.43. The average Bonchev–Trinajstić information content (AvgIpc) is 2.82. The van der Waals surface area contributed by atoms with Gasteiger partial charge < -0.3 is 4.74 Å². The summed E-state index contributed by atoms with van der Waals surface area (Å²) in [5.74, 6) is -0.321. The van der Waals surface area contributed by atoms with Crippen molar-refractivity contribution < 1.29 is 9.53 Å². The molecule has 0 unspecified atom stereocenters. The molecule has 0 N–H and O–H groups in total. The molecule has 0 aliphatic carbocycles. The Morgan fingerprint density at radius 3 is 2.65 bits per heavy atom. The predicted octanol–water partition coefficient (Wildman–Crippen LogP) is 4.04. The molecule has 2 rings (SSSR count). The maximum absolute atomic E-state index is 11.5. The van der Waals surface area contributed by atoms with Gasteiger partial charge in [-0.1, -0.05) is 0 Å². The summed E-state index contributed by atoms with van der Waals surface area (Å²) in [6, 6.07) is 2.03. The number of methoxy groups -OCH3 is 1. The number of thiophene rings is 1. The summed E-state index contributed by atoms with van der Waals surface area (Å²) in [5, 5.41) is 0.863. The molecule has 0 saturated heterocycles. The average molecular weight is 332 g/mol. The van der Waals surface area contributed by atoms with Crippen LogP contribution in [0.3, 0.4) is 0 Å². The molecule has 0 aliphatic rings. The van der Waals surface area contributed by atoms with E-state index in [1.54, 1.807) is 11.3 Å². The molecule has 2 heterocycles. The Balaban J connectivity index is 2.44. The van der Waals surface area contributed by atoms with E-state index in [-0.39, 0.29) is 5.97 Å². The summed E-state index contributed by atoms with van der Waals surface area (Å²) >= 11 is 6.51. The van der Waals surface area contributed by atoms with Crippen LogP contribution in [0.4, 0.5) is 0 Å². The van der Waals surface area contributed by atoms with Gasteiger partial charge in [-0.05, 0) is 35.8 Å². The van der Waals surface area contributed by atoms with Crippen LogP contribution >= 0.6 is 38.6 Å². The van der Waals surface area contributed by atoms with E-state index >= 15 is 0 Å². The number of thiazole rings is 1. The summed E-state index contributed by atoms with van der Waals surface area (Å²) in [4.78, 5) is 18.7. The molecule has 0 aromatic carbocycles. The zero-order chi connectivity index (χ0) is 12.6. The number of hydrogen-bond donors (Lipinski definition) is 0. The molecular formula is C11H10BrNO2S2. The first-order valence-corrected chi connectivity index (χ1v) is 7.27. The van der Waals surface area contributed by atoms with E-state index in [0.717, 1.165) is 20.1 Å². The number of hydrogen-bond acceptors (Lipinski definition) is 5. The van der Waals surface area contributed by atoms with E-state index in [9.17, 15) is 4.79 Å². The lowest BCUT2D eigenvalue weighted by molar-refractivity contribution is 0.0605. The Kier molecular flexibility index (Phi) is 3.65. The van der Waals surface area contributed by atoms with Crippen LogP contribution in [0.15, 0.2) is 10.5 Å². The van der Waals surface area contributed by atoms with E-state index in [1.807, 2.05) is 19.9 Å². The first kappa shape index (κ1) is 12.7. The van der Waals surface area contributed by atoms with Crippen LogP contribution in [0.25, 0.3) is 9.88 Å². The number of carbonyl (C=O) groups excluding carboxylic acids is 1. The number of carbonyl (C=O) groups is 1. The fraction of sp³-hybridized carbons (Fsp3) is 0.273. The van der Waals surface area contributed by atoms with Crippen LogP contribution in [-0.2, 0) is 4.74 Å². The first-order chi connectivity index (χ1) is 8.02. The van der Waals surface area contributed by atoms with Crippen molar-refractivity contribution >= 4 is 44.6 Å². The van der Waals surface area contributed by atoms with Crippen molar-refractivity contribution in [1.82, 2.24) is 4.98 Å². The van der Waals surface area contributed by atoms with E-state index in [4.69, 9.17) is 4.74 Å². The molecule has 0 bridgehead atoms. The van der Waals surface area contributed by atoms with Crippen LogP contribution < -0.4 is 0 Å². The summed E-state index contributed by atoms with van der Waals surface area (Å²) < 4.78 is 5.79. The number of aromatic nitrogens is 1. The summed E-state index contributed by atoms with van der Waals surface area (Å²) in [6.07, 6.45) is 0. The fourth-order valence-corrected chi connectivity index (χ4v) is 3.91. The van der Waals surface area contributed by atoms with Crippen molar-refractivity contribution in [3.63, 3.8) is 0 Å². The van der Waals surface area contributed by atoms with E-state index < -0.39 is 0 Å². The van der Waals surface area contributed by atoms with Crippen molar-refractivity contribution in [3.05, 3.63) is 26.0 Å². The van der Waals surface area contributed by atoms with E-state index in [1.165, 1.54) is 23.3 Å². The maximum atomic E-state index is 11.5. The van der Waals surface area contributed by atoms with Crippen LogP contribution in [0, 0.1) is 13.8 Å². The predicted molar refractivity (Wildman–Crippen MR) is 73.9 cm³/mol. The van der Waals surface area contributed by atoms with Crippen LogP contribution in [0.5, 0.6) is 0 Å². The quantitative estimate of drug-likeness (QED) is 0.779. The molecule has 0 radical (unpaired) electrons. The van der Waals surface area contributed by atoms with Gasteiger partial charge in [0.05, 0.1) is 17.7 Å². The van der Waals surface area contributed by atoms with Crippen molar-refractivity contribution in [2.45, 2.75) is 13.8 Å². The van der Waals surface area contributed by atoms with Gasteiger partial charge in [-0.2, -0.15) is 0 Å². The number of ether oxygens (including phenoxy) is 1. The highest BCUT2D eigenvalue weighted by atomic mass is 79.9. The Labute approximate surface area is 116 Å². The molecule has 2 aromatic rings. The smallest absolute Gasteiger partial charge is 0.349 e. The largest absolute Gasteiger partial charge is 0.465 e. The van der Waals surface area contributed by atoms with Crippen molar-refractivity contribution in [2.75, 3.05) is 7.11 Å². The number of nitrogens with zero attached hydrogens (tertiary/aromatic N) is 1. The highest BCUT2D eigenvalue weighted by Gasteiger charge is 2.17. The highest BCUT2D eigenvalue weighted by Crippen LogP contribution is 2.37. The van der Waals surface area contributed by atoms with Gasteiger partial charge >= 0.3 is 5.97 Å². The normalized spacial score (nSPS) is 10.6. The molecular weight excluding hydrogens is 322 g/mol. The number of esters is 1. The minimum atomic E-state index is -0.321. The topological polar surface area (TPSA) is 39.2 Å². The molecule has 0 spiro atoms. The third-order valence-electron chi connectivity index (χ3n) is 2.24. The van der Waals surface area contributed by atoms with Gasteiger partial charge in [0.2, 0.25) is 0 Å². The first-order valence-electron chi connectivity index (χ1n) is 4.85. The monoisotopic (exact) mass is 331 g/mol. The third-order valence-corrected chi connectivity index (χ3v) is 5.68. The Morgan fingerprint density at radius 1 is 1.41 bits per heavy atom. The number of aryl methyl sites for hydroxylation is 2. The maximum Gasteiger partial charge on any atom is 0.349 e. The van der Waals surface area contributed by atoms with Gasteiger partial charge in [0.15, 0.2) is 0 Å². The number of rotatable bonds is 2. The van der Waals surface area contributed by atoms with Crippen molar-refractivity contribution in [2.24, 2.45) is 0 Å². The Morgan fingerprint density at radius 2 is 2.12 bits per heavy atom. The molecule has 0 amide bonds. The minimum Gasteiger partial charge on any atom is -0.465 e. The summed E-state index contributed by atoms with van der Waals surface area (Å²) in [6.45, 7) is 3.86. The molecule has 6 heteroatoms. The molecule has 0 aliphatic heterocycles. The Hall–Kier alpha value is -0.720. The van der Waals surface area contributed by atoms with Gasteiger partial charge in [0, 0.05) is 9.35 Å². The number of halogens is 1. The van der Waals surface area contributed by atoms with Crippen LogP contribution in [-0.4, -0.2) is 18.1 Å². The highest BCUT2D eigenvalue weighted by molar-refractivity contribution is 9.10. The molecule has 0 fully saturated rings. The van der Waals surface area contributed by atoms with Crippen LogP contribution in [0.2, 0.25) is 0 Å². The van der Waals surface area contributed by atoms with Crippen molar-refractivity contribution in [3.8, 4) is 9.88 Å². The second-order valence-corrected chi connectivity index (χ2v) is 6.55. The molecule has 90 valence electrons. The SMILES string of the molecule is COC(=O)c1sc(-c2cc(Br)c(C)s2)nc1C. The zero-order valence-electron chi connectivity index (χ0n) is 9.54. The fourth-order valence-electron chi connectivity index (χ4n) is 1.35. The molecule has 0 atom stereocenters. The van der Waals surface area contributed by atoms with Crippen molar-refractivity contribution in [1.29, 1.82) is 0 Å². The zero-order valence-corrected chi connectivity index (χ0v) is 12.8. The standard InChI is InChI=1S/C11H10BrNO2S2/c1-5-9(11(14)15-3)17-10(13-5)8-4-7(12)6(2)16-8/h4H,1-3H3.